The van der Waals surface area contributed by atoms with Crippen LogP contribution in [0.15, 0.2) is 82.9 Å². The lowest BCUT2D eigenvalue weighted by Gasteiger charge is -2.21. The van der Waals surface area contributed by atoms with Crippen LogP contribution in [0.25, 0.3) is 0 Å². The van der Waals surface area contributed by atoms with Gasteiger partial charge in [-0.05, 0) is 65.7 Å². The van der Waals surface area contributed by atoms with E-state index in [1.165, 1.54) is 11.1 Å². The normalized spacial score (nSPS) is 19.9. The van der Waals surface area contributed by atoms with E-state index in [1.54, 1.807) is 25.2 Å². The van der Waals surface area contributed by atoms with Crippen LogP contribution in [0.1, 0.15) is 73.1 Å². The van der Waals surface area contributed by atoms with E-state index in [4.69, 9.17) is 0 Å². The van der Waals surface area contributed by atoms with Crippen molar-refractivity contribution in [1.82, 2.24) is 5.32 Å². The monoisotopic (exact) mass is 496 g/mol. The van der Waals surface area contributed by atoms with Gasteiger partial charge < -0.3 is 20.6 Å². The van der Waals surface area contributed by atoms with Crippen LogP contribution in [0.5, 0.6) is 0 Å². The van der Waals surface area contributed by atoms with Gasteiger partial charge in [0.25, 0.3) is 5.91 Å². The molecule has 1 fully saturated rings. The van der Waals surface area contributed by atoms with E-state index in [-0.39, 0.29) is 11.6 Å². The molecule has 3 atom stereocenters. The van der Waals surface area contributed by atoms with E-state index in [0.29, 0.717) is 31.3 Å². The Morgan fingerprint density at radius 3 is 2.44 bits per heavy atom. The number of Topliss-reactive ketones (excluding diaryl/α,β-unsaturated/α-hetero) is 1. The minimum absolute atomic E-state index is 0.0813. The molecule has 0 aromatic heterocycles. The second-order valence-corrected chi connectivity index (χ2v) is 9.36. The van der Waals surface area contributed by atoms with Crippen molar-refractivity contribution in [2.75, 3.05) is 0 Å². The first-order chi connectivity index (χ1) is 17.0. The van der Waals surface area contributed by atoms with Gasteiger partial charge in [-0.25, -0.2) is 0 Å². The van der Waals surface area contributed by atoms with E-state index in [9.17, 15) is 24.9 Å². The Labute approximate surface area is 216 Å². The SMILES string of the molecule is C=C1NC(=O)/C(=C([O-])\C(C)=C\CCC[C@H](O)/C=C/C=C/C[C@@H](O)[C@H](CC)C/C(C)=C/C(C)=C/C)C1=O. The Morgan fingerprint density at radius 1 is 1.17 bits per heavy atom. The quantitative estimate of drug-likeness (QED) is 0.108. The summed E-state index contributed by atoms with van der Waals surface area (Å²) in [5.74, 6) is -1.75. The molecule has 6 heteroatoms. The Kier molecular flexibility index (Phi) is 13.7. The maximum atomic E-state index is 12.3. The van der Waals surface area contributed by atoms with Crippen molar-refractivity contribution in [2.45, 2.75) is 85.4 Å². The number of carbonyl (C=O) groups is 2. The van der Waals surface area contributed by atoms with Crippen molar-refractivity contribution in [2.24, 2.45) is 5.92 Å². The molecule has 198 valence electrons. The van der Waals surface area contributed by atoms with E-state index >= 15 is 0 Å². The molecule has 3 N–H and O–H groups in total. The van der Waals surface area contributed by atoms with Crippen LogP contribution >= 0.6 is 0 Å². The summed E-state index contributed by atoms with van der Waals surface area (Å²) in [6, 6.07) is 0. The van der Waals surface area contributed by atoms with Crippen LogP contribution < -0.4 is 10.4 Å². The number of hydrogen-bond acceptors (Lipinski definition) is 5. The summed E-state index contributed by atoms with van der Waals surface area (Å²) in [6.07, 6.45) is 16.1. The second kappa shape index (κ2) is 15.9. The van der Waals surface area contributed by atoms with Crippen molar-refractivity contribution >= 4 is 11.7 Å². The number of amides is 1. The van der Waals surface area contributed by atoms with Crippen LogP contribution in [0, 0.1) is 5.92 Å². The molecule has 1 aliphatic heterocycles. The van der Waals surface area contributed by atoms with E-state index in [2.05, 4.69) is 44.8 Å². The largest absolute Gasteiger partial charge is 0.872 e. The Bertz CT molecular complexity index is 977. The summed E-state index contributed by atoms with van der Waals surface area (Å²) in [7, 11) is 0. The number of ketones is 1. The third-order valence-corrected chi connectivity index (χ3v) is 6.27. The zero-order chi connectivity index (χ0) is 27.3. The van der Waals surface area contributed by atoms with Crippen molar-refractivity contribution < 1.29 is 24.9 Å². The van der Waals surface area contributed by atoms with Crippen molar-refractivity contribution in [1.29, 1.82) is 0 Å². The van der Waals surface area contributed by atoms with Gasteiger partial charge in [-0.1, -0.05) is 84.9 Å². The van der Waals surface area contributed by atoms with Gasteiger partial charge in [-0.3, -0.25) is 9.59 Å². The van der Waals surface area contributed by atoms with Gasteiger partial charge in [0.15, 0.2) is 0 Å². The number of aliphatic hydroxyl groups is 2. The highest BCUT2D eigenvalue weighted by molar-refractivity contribution is 6.32. The Balaban J connectivity index is 2.46. The van der Waals surface area contributed by atoms with Crippen LogP contribution in [0.3, 0.4) is 0 Å². The molecule has 1 amide bonds. The van der Waals surface area contributed by atoms with Crippen LogP contribution in [0.2, 0.25) is 0 Å². The molecule has 1 aliphatic rings. The fourth-order valence-electron chi connectivity index (χ4n) is 3.93. The molecular formula is C30H42NO5-. The van der Waals surface area contributed by atoms with E-state index < -0.39 is 35.2 Å². The molecular weight excluding hydrogens is 454 g/mol. The third-order valence-electron chi connectivity index (χ3n) is 6.27. The average Bonchev–Trinajstić information content (AvgIpc) is 3.09. The highest BCUT2D eigenvalue weighted by atomic mass is 16.3. The number of allylic oxidation sites excluding steroid dienone is 9. The summed E-state index contributed by atoms with van der Waals surface area (Å²) in [6.45, 7) is 13.3. The lowest BCUT2D eigenvalue weighted by atomic mass is 9.89. The number of unbranched alkanes of at least 4 members (excludes halogenated alkanes) is 1. The zero-order valence-electron chi connectivity index (χ0n) is 22.3. The number of aliphatic hydroxyl groups excluding tert-OH is 2. The second-order valence-electron chi connectivity index (χ2n) is 9.36. The Morgan fingerprint density at radius 2 is 1.86 bits per heavy atom. The topological polar surface area (TPSA) is 110 Å². The first-order valence-corrected chi connectivity index (χ1v) is 12.6. The summed E-state index contributed by atoms with van der Waals surface area (Å²) in [5.41, 5.74) is 2.33. The highest BCUT2D eigenvalue weighted by Gasteiger charge is 2.30. The average molecular weight is 497 g/mol. The number of rotatable bonds is 14. The number of carbonyl (C=O) groups excluding carboxylic acids is 2. The molecule has 0 aliphatic carbocycles. The molecule has 0 aromatic rings. The fraction of sp³-hybridized carbons (Fsp3) is 0.467. The molecule has 1 saturated heterocycles. The van der Waals surface area contributed by atoms with Crippen LogP contribution in [-0.4, -0.2) is 34.1 Å². The minimum atomic E-state index is -0.708. The smallest absolute Gasteiger partial charge is 0.259 e. The standard InChI is InChI=1S/C30H43NO5/c1-7-20(3)18-21(4)19-24(8-2)26(33)17-11-9-10-15-25(32)16-13-12-14-22(5)28(34)27-29(35)23(6)31-30(27)36/h7,9-11,14-15,18,24-26,32-34H,6,8,12-13,16-17,19H2,1-5H3,(H,31,36)/p-1/b11-9+,15-10+,20-7+,21-18+,22-14+,28-27+/t24-,25-,26-/m1/s1. The molecule has 6 nitrogen and oxygen atoms in total. The van der Waals surface area contributed by atoms with Crippen molar-refractivity contribution in [3.05, 3.63) is 82.9 Å². The molecule has 1 heterocycles. The molecule has 0 radical (unpaired) electrons. The summed E-state index contributed by atoms with van der Waals surface area (Å²) < 4.78 is 0. The fourth-order valence-corrected chi connectivity index (χ4v) is 3.93. The van der Waals surface area contributed by atoms with Gasteiger partial charge in [0.2, 0.25) is 5.78 Å². The van der Waals surface area contributed by atoms with Gasteiger partial charge in [0.05, 0.1) is 23.5 Å². The molecule has 0 saturated carbocycles. The molecule has 0 aromatic carbocycles. The molecule has 0 unspecified atom stereocenters. The maximum absolute atomic E-state index is 12.3. The summed E-state index contributed by atoms with van der Waals surface area (Å²) >= 11 is 0. The summed E-state index contributed by atoms with van der Waals surface area (Å²) in [5, 5.41) is 35.3. The van der Waals surface area contributed by atoms with Crippen molar-refractivity contribution in [3.63, 3.8) is 0 Å². The van der Waals surface area contributed by atoms with E-state index in [0.717, 1.165) is 12.8 Å². The van der Waals surface area contributed by atoms with Crippen LogP contribution in [0.4, 0.5) is 0 Å². The molecule has 1 rings (SSSR count). The van der Waals surface area contributed by atoms with E-state index in [1.807, 2.05) is 19.1 Å². The minimum Gasteiger partial charge on any atom is -0.872 e. The van der Waals surface area contributed by atoms with Gasteiger partial charge in [-0.2, -0.15) is 0 Å². The molecule has 0 spiro atoms. The predicted molar refractivity (Wildman–Crippen MR) is 143 cm³/mol. The van der Waals surface area contributed by atoms with Gasteiger partial charge in [0, 0.05) is 0 Å². The van der Waals surface area contributed by atoms with Gasteiger partial charge in [-0.15, -0.1) is 0 Å². The van der Waals surface area contributed by atoms with Gasteiger partial charge in [0.1, 0.15) is 0 Å². The number of nitrogens with one attached hydrogen (secondary N) is 1. The van der Waals surface area contributed by atoms with Crippen molar-refractivity contribution in [3.8, 4) is 0 Å². The summed E-state index contributed by atoms with van der Waals surface area (Å²) in [4.78, 5) is 23.6. The predicted octanol–water partition coefficient (Wildman–Crippen LogP) is 4.48. The maximum Gasteiger partial charge on any atom is 0.259 e. The zero-order valence-corrected chi connectivity index (χ0v) is 22.3. The lowest BCUT2D eigenvalue weighted by Crippen LogP contribution is -2.19. The lowest BCUT2D eigenvalue weighted by molar-refractivity contribution is -0.298. The highest BCUT2D eigenvalue weighted by Crippen LogP contribution is 2.22. The van der Waals surface area contributed by atoms with Gasteiger partial charge >= 0.3 is 0 Å². The van der Waals surface area contributed by atoms with Crippen LogP contribution in [-0.2, 0) is 9.59 Å². The Hall–Kier alpha value is -2.96. The molecule has 36 heavy (non-hydrogen) atoms. The first-order valence-electron chi connectivity index (χ1n) is 12.6. The first kappa shape index (κ1) is 31.1. The third kappa shape index (κ3) is 10.3. The number of hydrogen-bond donors (Lipinski definition) is 3. The molecule has 0 bridgehead atoms.